The van der Waals surface area contributed by atoms with Crippen LogP contribution in [0, 0.1) is 0 Å². The molecular weight excluding hydrogens is 284 g/mol. The normalized spacial score (nSPS) is 13.3. The molecule has 0 saturated carbocycles. The summed E-state index contributed by atoms with van der Waals surface area (Å²) in [5, 5.41) is 0. The zero-order valence-corrected chi connectivity index (χ0v) is 11.4. The predicted octanol–water partition coefficient (Wildman–Crippen LogP) is 2.53. The highest BCUT2D eigenvalue weighted by atomic mass is 79.9. The van der Waals surface area contributed by atoms with Crippen molar-refractivity contribution in [3.8, 4) is 5.75 Å². The molecular formula is C13H15BrO3. The maximum Gasteiger partial charge on any atom is 0.158 e. The second kappa shape index (κ2) is 5.65. The lowest BCUT2D eigenvalue weighted by molar-refractivity contribution is -0.122. The summed E-state index contributed by atoms with van der Waals surface area (Å²) in [4.78, 5) is 11.4. The number of hydrogen-bond acceptors (Lipinski definition) is 3. The van der Waals surface area contributed by atoms with E-state index in [9.17, 15) is 4.79 Å². The number of aryl methyl sites for hydroxylation is 1. The summed E-state index contributed by atoms with van der Waals surface area (Å²) in [7, 11) is 1.54. The molecule has 92 valence electrons. The summed E-state index contributed by atoms with van der Waals surface area (Å²) in [6.07, 6.45) is 2.16. The number of carbonyl (C=O) groups is 1. The number of fused-ring (bicyclic) bond motifs is 1. The van der Waals surface area contributed by atoms with Gasteiger partial charge >= 0.3 is 0 Å². The van der Waals surface area contributed by atoms with Crippen molar-refractivity contribution in [1.82, 2.24) is 0 Å². The van der Waals surface area contributed by atoms with Crippen LogP contribution in [0.3, 0.4) is 0 Å². The molecule has 17 heavy (non-hydrogen) atoms. The molecule has 0 saturated heterocycles. The molecule has 1 aliphatic heterocycles. The molecule has 0 unspecified atom stereocenters. The van der Waals surface area contributed by atoms with Gasteiger partial charge < -0.3 is 9.47 Å². The molecule has 3 nitrogen and oxygen atoms in total. The first kappa shape index (κ1) is 12.6. The van der Waals surface area contributed by atoms with E-state index in [0.29, 0.717) is 12.8 Å². The van der Waals surface area contributed by atoms with E-state index in [0.717, 1.165) is 28.8 Å². The minimum Gasteiger partial charge on any atom is -0.493 e. The van der Waals surface area contributed by atoms with Crippen molar-refractivity contribution in [3.05, 3.63) is 27.7 Å². The molecule has 1 aromatic rings. The van der Waals surface area contributed by atoms with Gasteiger partial charge in [0.25, 0.3) is 0 Å². The van der Waals surface area contributed by atoms with Crippen molar-refractivity contribution >= 4 is 21.7 Å². The van der Waals surface area contributed by atoms with Crippen LogP contribution in [-0.4, -0.2) is 26.1 Å². The van der Waals surface area contributed by atoms with E-state index < -0.39 is 0 Å². The summed E-state index contributed by atoms with van der Waals surface area (Å²) in [6.45, 7) is 0.932. The van der Waals surface area contributed by atoms with Gasteiger partial charge in [-0.15, -0.1) is 0 Å². The molecule has 0 aromatic heterocycles. The fraction of sp³-hybridized carbons (Fsp3) is 0.462. The highest BCUT2D eigenvalue weighted by Crippen LogP contribution is 2.33. The van der Waals surface area contributed by atoms with E-state index in [1.165, 1.54) is 12.7 Å². The molecule has 0 N–H and O–H groups in total. The van der Waals surface area contributed by atoms with Crippen LogP contribution in [0.1, 0.15) is 17.5 Å². The fourth-order valence-corrected chi connectivity index (χ4v) is 2.59. The topological polar surface area (TPSA) is 35.5 Å². The van der Waals surface area contributed by atoms with E-state index in [2.05, 4.69) is 22.0 Å². The summed E-state index contributed by atoms with van der Waals surface area (Å²) >= 11 is 3.49. The first-order chi connectivity index (χ1) is 8.20. The third-order valence-electron chi connectivity index (χ3n) is 2.80. The minimum atomic E-state index is 0.124. The van der Waals surface area contributed by atoms with Gasteiger partial charge in [-0.2, -0.15) is 0 Å². The van der Waals surface area contributed by atoms with Crippen LogP contribution in [0.15, 0.2) is 16.6 Å². The van der Waals surface area contributed by atoms with Crippen LogP contribution in [0.5, 0.6) is 5.75 Å². The van der Waals surface area contributed by atoms with Crippen molar-refractivity contribution in [2.45, 2.75) is 19.3 Å². The number of benzene rings is 1. The lowest BCUT2D eigenvalue weighted by Crippen LogP contribution is -2.07. The first-order valence-corrected chi connectivity index (χ1v) is 6.44. The van der Waals surface area contributed by atoms with E-state index in [1.807, 2.05) is 6.07 Å². The maximum absolute atomic E-state index is 11.4. The van der Waals surface area contributed by atoms with E-state index >= 15 is 0 Å². The Bertz CT molecular complexity index is 429. The number of ketones is 1. The van der Waals surface area contributed by atoms with E-state index in [4.69, 9.17) is 9.47 Å². The Morgan fingerprint density at radius 2 is 2.35 bits per heavy atom. The number of rotatable bonds is 5. The summed E-state index contributed by atoms with van der Waals surface area (Å²) in [6, 6.07) is 4.12. The Labute approximate surface area is 109 Å². The lowest BCUT2D eigenvalue weighted by Gasteiger charge is -2.08. The first-order valence-electron chi connectivity index (χ1n) is 5.65. The molecule has 0 spiro atoms. The third kappa shape index (κ3) is 3.07. The van der Waals surface area contributed by atoms with Gasteiger partial charge in [-0.1, -0.05) is 15.9 Å². The Hall–Kier alpha value is -0.870. The van der Waals surface area contributed by atoms with Crippen molar-refractivity contribution in [3.63, 3.8) is 0 Å². The molecule has 4 heteroatoms. The van der Waals surface area contributed by atoms with Gasteiger partial charge in [0.05, 0.1) is 6.61 Å². The second-order valence-electron chi connectivity index (χ2n) is 4.12. The smallest absolute Gasteiger partial charge is 0.158 e. The number of Topliss-reactive ketones (excluding diaryl/α,β-unsaturated/α-hetero) is 1. The highest BCUT2D eigenvalue weighted by molar-refractivity contribution is 9.10. The SMILES string of the molecule is COCC(=O)CCc1cc(Br)cc2c1OCC2. The van der Waals surface area contributed by atoms with Crippen molar-refractivity contribution in [2.24, 2.45) is 0 Å². The second-order valence-corrected chi connectivity index (χ2v) is 5.04. The summed E-state index contributed by atoms with van der Waals surface area (Å²) in [5.74, 6) is 1.10. The standard InChI is InChI=1S/C13H15BrO3/c1-16-8-12(15)3-2-9-6-11(14)7-10-4-5-17-13(9)10/h6-7H,2-5,8H2,1H3. The number of methoxy groups -OCH3 is 1. The van der Waals surface area contributed by atoms with Crippen molar-refractivity contribution < 1.29 is 14.3 Å². The van der Waals surface area contributed by atoms with Crippen LogP contribution in [-0.2, 0) is 22.4 Å². The zero-order chi connectivity index (χ0) is 12.3. The third-order valence-corrected chi connectivity index (χ3v) is 3.26. The Balaban J connectivity index is 2.08. The van der Waals surface area contributed by atoms with Crippen molar-refractivity contribution in [2.75, 3.05) is 20.3 Å². The molecule has 0 aliphatic carbocycles. The number of halogens is 1. The van der Waals surface area contributed by atoms with Gasteiger partial charge in [-0.3, -0.25) is 4.79 Å². The van der Waals surface area contributed by atoms with Crippen LogP contribution in [0.2, 0.25) is 0 Å². The number of hydrogen-bond donors (Lipinski definition) is 0. The molecule has 1 aromatic carbocycles. The lowest BCUT2D eigenvalue weighted by atomic mass is 10.0. The predicted molar refractivity (Wildman–Crippen MR) is 68.5 cm³/mol. The Kier molecular flexibility index (Phi) is 4.18. The van der Waals surface area contributed by atoms with Gasteiger partial charge in [0.2, 0.25) is 0 Å². The van der Waals surface area contributed by atoms with E-state index in [-0.39, 0.29) is 12.4 Å². The average Bonchev–Trinajstić information content (AvgIpc) is 2.74. The molecule has 1 heterocycles. The Morgan fingerprint density at radius 3 is 3.12 bits per heavy atom. The molecule has 1 aliphatic rings. The molecule has 0 radical (unpaired) electrons. The van der Waals surface area contributed by atoms with Crippen LogP contribution < -0.4 is 4.74 Å². The minimum absolute atomic E-state index is 0.124. The number of carbonyl (C=O) groups excluding carboxylic acids is 1. The summed E-state index contributed by atoms with van der Waals surface area (Å²) < 4.78 is 11.5. The number of ether oxygens (including phenoxy) is 2. The maximum atomic E-state index is 11.4. The average molecular weight is 299 g/mol. The molecule has 0 bridgehead atoms. The molecule has 0 amide bonds. The van der Waals surface area contributed by atoms with Crippen LogP contribution in [0.4, 0.5) is 0 Å². The van der Waals surface area contributed by atoms with Gasteiger partial charge in [0, 0.05) is 24.4 Å². The molecule has 0 atom stereocenters. The van der Waals surface area contributed by atoms with Crippen LogP contribution in [0.25, 0.3) is 0 Å². The van der Waals surface area contributed by atoms with E-state index in [1.54, 1.807) is 0 Å². The monoisotopic (exact) mass is 298 g/mol. The summed E-state index contributed by atoms with van der Waals surface area (Å²) in [5.41, 5.74) is 2.34. The van der Waals surface area contributed by atoms with Crippen LogP contribution >= 0.6 is 15.9 Å². The largest absolute Gasteiger partial charge is 0.493 e. The van der Waals surface area contributed by atoms with Gasteiger partial charge in [0.15, 0.2) is 5.78 Å². The zero-order valence-electron chi connectivity index (χ0n) is 9.79. The van der Waals surface area contributed by atoms with Gasteiger partial charge in [-0.25, -0.2) is 0 Å². The highest BCUT2D eigenvalue weighted by Gasteiger charge is 2.17. The quantitative estimate of drug-likeness (QED) is 0.838. The fourth-order valence-electron chi connectivity index (χ4n) is 2.04. The van der Waals surface area contributed by atoms with Gasteiger partial charge in [0.1, 0.15) is 12.4 Å². The Morgan fingerprint density at radius 1 is 1.53 bits per heavy atom. The van der Waals surface area contributed by atoms with Crippen molar-refractivity contribution in [1.29, 1.82) is 0 Å². The molecule has 0 fully saturated rings. The van der Waals surface area contributed by atoms with Gasteiger partial charge in [-0.05, 0) is 29.7 Å². The molecule has 2 rings (SSSR count).